The van der Waals surface area contributed by atoms with Crippen molar-refractivity contribution in [3.63, 3.8) is 0 Å². The van der Waals surface area contributed by atoms with Crippen LogP contribution in [0.15, 0.2) is 140 Å². The molecule has 8 heterocycles. The maximum atomic E-state index is 17.0. The predicted octanol–water partition coefficient (Wildman–Crippen LogP) is 5.73. The Morgan fingerprint density at radius 1 is 0.500 bits per heavy atom. The Bertz CT molecular complexity index is 5750. The van der Waals surface area contributed by atoms with Gasteiger partial charge in [0.15, 0.2) is 29.1 Å². The largest absolute Gasteiger partial charge is 0.508 e. The molecule has 738 valence electrons. The number of fused-ring (bicyclic) bond motifs is 14. The number of nitrogens with one attached hydrogen (secondary N) is 10. The van der Waals surface area contributed by atoms with E-state index in [1.165, 1.54) is 87.0 Å². The number of rotatable bonds is 28. The van der Waals surface area contributed by atoms with Crippen molar-refractivity contribution < 1.29 is 128 Å². The van der Waals surface area contributed by atoms with E-state index < -0.39 is 247 Å². The van der Waals surface area contributed by atoms with Crippen molar-refractivity contribution in [2.75, 3.05) is 68.0 Å². The van der Waals surface area contributed by atoms with Gasteiger partial charge in [0.1, 0.15) is 125 Å². The molecule has 18 atom stereocenters. The number of aryl methyl sites for hydroxylation is 1. The minimum absolute atomic E-state index is 0.0280. The van der Waals surface area contributed by atoms with Gasteiger partial charge in [-0.3, -0.25) is 38.4 Å². The second-order valence-corrected chi connectivity index (χ2v) is 36.4. The summed E-state index contributed by atoms with van der Waals surface area (Å²) in [7, 11) is 8.69. The third-order valence-electron chi connectivity index (χ3n) is 25.0. The fourth-order valence-corrected chi connectivity index (χ4v) is 17.9. The van der Waals surface area contributed by atoms with Crippen molar-refractivity contribution in [3.05, 3.63) is 200 Å². The first-order valence-corrected chi connectivity index (χ1v) is 46.6. The van der Waals surface area contributed by atoms with Crippen LogP contribution < -0.4 is 76.9 Å². The molecule has 8 aromatic carbocycles. The molecule has 38 nitrogen and oxygen atoms in total. The van der Waals surface area contributed by atoms with Gasteiger partial charge >= 0.3 is 0 Å². The van der Waals surface area contributed by atoms with Gasteiger partial charge in [0, 0.05) is 54.9 Å². The van der Waals surface area contributed by atoms with Crippen LogP contribution >= 0.6 is 23.2 Å². The van der Waals surface area contributed by atoms with Gasteiger partial charge in [0.05, 0.1) is 22.7 Å². The van der Waals surface area contributed by atoms with Gasteiger partial charge in [-0.05, 0) is 191 Å². The second-order valence-electron chi connectivity index (χ2n) is 35.6. The highest BCUT2D eigenvalue weighted by molar-refractivity contribution is 6.33. The van der Waals surface area contributed by atoms with Crippen LogP contribution in [0.3, 0.4) is 0 Å². The summed E-state index contributed by atoms with van der Waals surface area (Å²) in [5, 5.41) is 157. The zero-order valence-electron chi connectivity index (χ0n) is 76.6. The van der Waals surface area contributed by atoms with Crippen LogP contribution in [0.2, 0.25) is 10.0 Å². The number of likely N-dealkylation sites (N-methyl/N-ethyl adjacent to an activating group) is 1. The molecule has 0 radical (unpaired) electrons. The van der Waals surface area contributed by atoms with Gasteiger partial charge in [-0.15, -0.1) is 0 Å². The number of aromatic hydroxyl groups is 4. The molecular formula is C98H116Cl2N12O26. The Morgan fingerprint density at radius 3 is 1.80 bits per heavy atom. The normalized spacial score (nSPS) is 24.8. The number of hydrogen-bond acceptors (Lipinski definition) is 30. The van der Waals surface area contributed by atoms with Crippen LogP contribution in [0, 0.1) is 0 Å². The van der Waals surface area contributed by atoms with E-state index in [1.807, 2.05) is 48.2 Å². The molecule has 8 aliphatic rings. The molecule has 0 spiro atoms. The molecule has 2 saturated heterocycles. The Hall–Kier alpha value is -12.2. The summed E-state index contributed by atoms with van der Waals surface area (Å²) in [5.41, 5.74) is -0.574. The van der Waals surface area contributed by atoms with E-state index in [1.54, 1.807) is 14.1 Å². The summed E-state index contributed by atoms with van der Waals surface area (Å²) in [4.78, 5) is 130. The van der Waals surface area contributed by atoms with Crippen molar-refractivity contribution in [3.8, 4) is 80.1 Å². The van der Waals surface area contributed by atoms with Crippen LogP contribution in [0.25, 0.3) is 11.1 Å². The highest BCUT2D eigenvalue weighted by Crippen LogP contribution is 2.51. The summed E-state index contributed by atoms with van der Waals surface area (Å²) < 4.78 is 46.0. The van der Waals surface area contributed by atoms with Gasteiger partial charge in [0.2, 0.25) is 59.7 Å². The molecule has 0 saturated carbocycles. The van der Waals surface area contributed by atoms with Crippen LogP contribution in [0.4, 0.5) is 0 Å². The van der Waals surface area contributed by atoms with E-state index in [9.17, 15) is 65.8 Å². The van der Waals surface area contributed by atoms with E-state index in [-0.39, 0.29) is 65.7 Å². The molecule has 4 unspecified atom stereocenters. The Morgan fingerprint density at radius 2 is 1.12 bits per heavy atom. The average Bonchev–Trinajstić information content (AvgIpc) is 0.754. The number of ether oxygens (including phenoxy) is 7. The predicted molar refractivity (Wildman–Crippen MR) is 500 cm³/mol. The number of aliphatic hydroxyl groups is 7. The first-order valence-electron chi connectivity index (χ1n) is 45.8. The number of carbonyl (C=O) groups is 8. The first kappa shape index (κ1) is 102. The Kier molecular flexibility index (Phi) is 33.6. The minimum Gasteiger partial charge on any atom is -0.508 e. The smallest absolute Gasteiger partial charge is 0.252 e. The summed E-state index contributed by atoms with van der Waals surface area (Å²) in [6.45, 7) is 2.15. The molecule has 8 amide bonds. The maximum absolute atomic E-state index is 17.0. The number of phenols is 4. The molecule has 0 aromatic heterocycles. The number of phenolic OH excluding ortho intramolecular Hbond substituents is 4. The lowest BCUT2D eigenvalue weighted by molar-refractivity contribution is -0.277. The lowest BCUT2D eigenvalue weighted by atomic mass is 9.89. The standard InChI is InChI=1S/C98H116Cl2N12O26/c1-7-8-9-10-11-12-13-14-17-48-18-20-50(21-19-48)46-104-80-83(120)85(122)88(96(131)103-33-16-35-112(5)6)138-97(80)137-87-69-40-54-41-70(87)134-66-31-26-53(38-61(66)99)81(118)79-95(130)109-77(90(125)102-32-15-34-111(3)4)59-42-55(114)43-68(135-98-86(123)84(121)82(119)71(47-113)136-98)72(59)58-37-51(24-29-63(58)115)75(92(127)110-79)106-93(128)76(54)107-94(129)78-60-44-57(45-65(117)73(60)100)133-67-39-52(25-30-64(67)116)74(101-2)91(126)105-62(89(124)108-78)36-49-22-27-56(132-69)28-23-49/h18-31,37-45,62,71,74-86,88,97-98,101,104,113-123H,7-17,32-36,46-47H2,1-6H3,(H,102,125)(H,103,131)(H,105,126)(H,106,128)(H,107,129)(H,108,124)(H,109,130)(H,110,127)/t62-,71-,74-,75-,76-,77+,78+,79?,80?,81-,82-,83-,84+,85?,86+,88?,97-,98+/m1/s1. The number of benzene rings is 8. The van der Waals surface area contributed by atoms with E-state index >= 15 is 28.8 Å². The molecule has 40 heteroatoms. The molecule has 2 fully saturated rings. The molecule has 17 bridgehead atoms. The molecule has 21 N–H and O–H groups in total. The van der Waals surface area contributed by atoms with Gasteiger partial charge in [0.25, 0.3) is 5.91 Å². The zero-order chi connectivity index (χ0) is 98.6. The number of aliphatic hydroxyl groups excluding tert-OH is 7. The minimum atomic E-state index is -2.40. The molecule has 138 heavy (non-hydrogen) atoms. The van der Waals surface area contributed by atoms with Crippen LogP contribution in [-0.4, -0.2) is 255 Å². The van der Waals surface area contributed by atoms with E-state index in [0.29, 0.717) is 37.1 Å². The van der Waals surface area contributed by atoms with Crippen LogP contribution in [0.5, 0.6) is 69.0 Å². The first-order chi connectivity index (χ1) is 66.1. The van der Waals surface area contributed by atoms with Gasteiger partial charge in [-0.1, -0.05) is 130 Å². The van der Waals surface area contributed by atoms with Crippen molar-refractivity contribution >= 4 is 70.5 Å². The topological polar surface area (TPSA) is 550 Å². The number of halogens is 2. The van der Waals surface area contributed by atoms with Gasteiger partial charge in [-0.25, -0.2) is 0 Å². The summed E-state index contributed by atoms with van der Waals surface area (Å²) in [5.74, 6) is -15.4. The van der Waals surface area contributed by atoms with Crippen LogP contribution in [0.1, 0.15) is 158 Å². The van der Waals surface area contributed by atoms with Crippen molar-refractivity contribution in [2.45, 2.75) is 200 Å². The van der Waals surface area contributed by atoms with Crippen molar-refractivity contribution in [1.29, 1.82) is 0 Å². The summed E-state index contributed by atoms with van der Waals surface area (Å²) in [6, 6.07) is 15.0. The number of carbonyl (C=O) groups excluding carboxylic acids is 8. The number of hydrogen-bond donors (Lipinski definition) is 21. The van der Waals surface area contributed by atoms with Crippen molar-refractivity contribution in [1.82, 2.24) is 63.0 Å². The maximum Gasteiger partial charge on any atom is 0.252 e. The molecule has 0 aliphatic carbocycles. The molecule has 8 aromatic rings. The van der Waals surface area contributed by atoms with E-state index in [0.717, 1.165) is 98.7 Å². The third-order valence-corrected chi connectivity index (χ3v) is 25.7. The van der Waals surface area contributed by atoms with E-state index in [4.69, 9.17) is 56.4 Å². The van der Waals surface area contributed by atoms with Crippen molar-refractivity contribution in [2.24, 2.45) is 0 Å². The lowest BCUT2D eigenvalue weighted by Crippen LogP contribution is -2.66. The quantitative estimate of drug-likeness (QED) is 0.0260. The highest BCUT2D eigenvalue weighted by atomic mass is 35.5. The monoisotopic (exact) mass is 1950 g/mol. The molecule has 16 rings (SSSR count). The second kappa shape index (κ2) is 45.6. The number of unbranched alkanes of at least 4 members (excludes halogenated alkanes) is 7. The fourth-order valence-electron chi connectivity index (χ4n) is 17.4. The fraction of sp³-hybridized carbons (Fsp3) is 0.429. The average molecular weight is 1950 g/mol. The Labute approximate surface area is 804 Å². The Balaban J connectivity index is 0.983. The SMILES string of the molecule is CCCCCCCCCCc1ccc(CNC2[C@H](Oc3c4cc5cc3Oc3ccc(cc3Cl)[C@@H](O)C3NC(=O)[C@H](NC(=O)[C@@H]5NC(=O)[C@H]5NC(=O)[C@@H](Cc6ccc(cc6)O4)NC(=O)[C@H](NC)c4ccc(O)c(c4)Oc4cc(O)c(Cl)c5c4)c4ccc(O)c(c4)-c4c(O[C@H]5O[C@H](CO)[C@@H](O)[C@H](O)[C@@H]5O)cc(O)cc4[C@@H](C(=O)NCCCN(C)C)NC3=O)OC(C(=O)NCCCN(C)C)C(O)[C@@H]2O)cc1. The van der Waals surface area contributed by atoms with Crippen LogP contribution in [-0.2, 0) is 67.2 Å². The highest BCUT2D eigenvalue weighted by Gasteiger charge is 2.51. The van der Waals surface area contributed by atoms with Gasteiger partial charge < -0.3 is 152 Å². The summed E-state index contributed by atoms with van der Waals surface area (Å²) >= 11 is 14.5. The molecule has 8 aliphatic heterocycles. The third kappa shape index (κ3) is 23.8. The van der Waals surface area contributed by atoms with E-state index in [2.05, 4.69) is 60.1 Å². The summed E-state index contributed by atoms with van der Waals surface area (Å²) in [6.07, 6.45) is -9.61. The zero-order valence-corrected chi connectivity index (χ0v) is 78.1. The number of amides is 8. The lowest BCUT2D eigenvalue weighted by Gasteiger charge is -2.42. The van der Waals surface area contributed by atoms with Gasteiger partial charge in [-0.2, -0.15) is 0 Å². The number of nitrogens with zero attached hydrogens (tertiary/aromatic N) is 2. The molecular weight excluding hydrogens is 1830 g/mol.